The van der Waals surface area contributed by atoms with Crippen molar-refractivity contribution in [3.05, 3.63) is 102 Å². The highest BCUT2D eigenvalue weighted by atomic mass is 14.7. The van der Waals surface area contributed by atoms with Gasteiger partial charge in [-0.1, -0.05) is 84.9 Å². The lowest BCUT2D eigenvalue weighted by atomic mass is 9.96. The van der Waals surface area contributed by atoms with Crippen LogP contribution in [0.25, 0.3) is 27.2 Å². The number of nitrogens with two attached hydrogens (primary N) is 2. The van der Waals surface area contributed by atoms with E-state index in [9.17, 15) is 0 Å². The molecule has 0 saturated carbocycles. The summed E-state index contributed by atoms with van der Waals surface area (Å²) in [7, 11) is 0. The first kappa shape index (κ1) is 15.4. The lowest BCUT2D eigenvalue weighted by Crippen LogP contribution is -2.10. The first-order valence-corrected chi connectivity index (χ1v) is 8.43. The van der Waals surface area contributed by atoms with Crippen molar-refractivity contribution < 1.29 is 0 Å². The first-order chi connectivity index (χ1) is 12.2. The van der Waals surface area contributed by atoms with Gasteiger partial charge in [0, 0.05) is 11.3 Å². The van der Waals surface area contributed by atoms with Gasteiger partial charge in [-0.05, 0) is 33.2 Å². The minimum Gasteiger partial charge on any atom is -0.398 e. The third-order valence-electron chi connectivity index (χ3n) is 4.64. The van der Waals surface area contributed by atoms with Crippen LogP contribution in [-0.4, -0.2) is 0 Å². The van der Waals surface area contributed by atoms with E-state index < -0.39 is 0 Å². The Kier molecular flexibility index (Phi) is 3.96. The highest BCUT2D eigenvalue weighted by Crippen LogP contribution is 2.27. The zero-order chi connectivity index (χ0) is 17.2. The molecule has 0 radical (unpaired) electrons. The summed E-state index contributed by atoms with van der Waals surface area (Å²) in [5, 5.41) is 4.67. The van der Waals surface area contributed by atoms with Crippen LogP contribution < -0.4 is 11.5 Å². The fourth-order valence-corrected chi connectivity index (χ4v) is 3.39. The zero-order valence-corrected chi connectivity index (χ0v) is 13.9. The third-order valence-corrected chi connectivity index (χ3v) is 4.64. The number of rotatable bonds is 3. The molecule has 0 heterocycles. The summed E-state index contributed by atoms with van der Waals surface area (Å²) in [5.74, 6) is 0. The smallest absolute Gasteiger partial charge is 0.0510 e. The molecule has 4 N–H and O–H groups in total. The molecule has 0 amide bonds. The first-order valence-electron chi connectivity index (χ1n) is 8.43. The van der Waals surface area contributed by atoms with Crippen molar-refractivity contribution in [1.82, 2.24) is 0 Å². The molecule has 4 aromatic rings. The van der Waals surface area contributed by atoms with Crippen molar-refractivity contribution in [3.8, 4) is 0 Å². The Balaban J connectivity index is 1.79. The number of hydrogen-bond donors (Lipinski definition) is 2. The maximum Gasteiger partial charge on any atom is 0.0510 e. The molecule has 0 aromatic heterocycles. The van der Waals surface area contributed by atoms with Gasteiger partial charge in [-0.3, -0.25) is 0 Å². The van der Waals surface area contributed by atoms with Crippen LogP contribution in [0.2, 0.25) is 0 Å². The van der Waals surface area contributed by atoms with Crippen molar-refractivity contribution >= 4 is 27.2 Å². The number of fused-ring (bicyclic) bond motifs is 2. The van der Waals surface area contributed by atoms with Crippen LogP contribution in [0, 0.1) is 0 Å². The minimum atomic E-state index is -0.259. The van der Waals surface area contributed by atoms with E-state index in [4.69, 9.17) is 11.5 Å². The lowest BCUT2D eigenvalue weighted by Gasteiger charge is -2.13. The van der Waals surface area contributed by atoms with Crippen molar-refractivity contribution in [2.75, 3.05) is 0 Å². The van der Waals surface area contributed by atoms with Gasteiger partial charge < -0.3 is 11.5 Å². The van der Waals surface area contributed by atoms with Crippen LogP contribution in [0.15, 0.2) is 91.0 Å². The van der Waals surface area contributed by atoms with Gasteiger partial charge in [0.25, 0.3) is 0 Å². The molecule has 0 fully saturated rings. The van der Waals surface area contributed by atoms with Crippen LogP contribution in [-0.2, 0) is 0 Å². The number of hydrogen-bond acceptors (Lipinski definition) is 2. The Morgan fingerprint density at radius 1 is 0.680 bits per heavy atom. The second-order valence-corrected chi connectivity index (χ2v) is 6.24. The molecule has 0 saturated heterocycles. The monoisotopic (exact) mass is 324 g/mol. The van der Waals surface area contributed by atoms with Crippen molar-refractivity contribution in [2.24, 2.45) is 11.5 Å². The molecule has 122 valence electrons. The standard InChI is InChI=1S/C23H20N2/c24-22(20-13-5-9-16-7-1-3-11-18(16)20)15-23(25)21-14-6-10-17-8-2-4-12-19(17)21/h1-15,22H,24-25H2/b23-15-. The zero-order valence-electron chi connectivity index (χ0n) is 13.9. The fraction of sp³-hybridized carbons (Fsp3) is 0.0435. The van der Waals surface area contributed by atoms with Crippen molar-refractivity contribution in [2.45, 2.75) is 6.04 Å². The molecular formula is C23H20N2. The largest absolute Gasteiger partial charge is 0.398 e. The predicted molar refractivity (Wildman–Crippen MR) is 107 cm³/mol. The van der Waals surface area contributed by atoms with Crippen LogP contribution in [0.4, 0.5) is 0 Å². The van der Waals surface area contributed by atoms with E-state index in [-0.39, 0.29) is 6.04 Å². The molecule has 0 spiro atoms. The van der Waals surface area contributed by atoms with E-state index in [0.29, 0.717) is 5.70 Å². The SMILES string of the molecule is N/C(=C\C(N)c1cccc2ccccc12)c1cccc2ccccc12. The Morgan fingerprint density at radius 3 is 2.00 bits per heavy atom. The molecule has 0 aliphatic carbocycles. The van der Waals surface area contributed by atoms with E-state index >= 15 is 0 Å². The molecule has 1 atom stereocenters. The highest BCUT2D eigenvalue weighted by molar-refractivity contribution is 5.93. The van der Waals surface area contributed by atoms with Gasteiger partial charge in [0.15, 0.2) is 0 Å². The maximum atomic E-state index is 6.49. The molecule has 25 heavy (non-hydrogen) atoms. The summed E-state index contributed by atoms with van der Waals surface area (Å²) in [6.45, 7) is 0. The molecule has 0 bridgehead atoms. The molecule has 1 unspecified atom stereocenters. The van der Waals surface area contributed by atoms with E-state index in [1.165, 1.54) is 16.2 Å². The molecule has 2 heteroatoms. The lowest BCUT2D eigenvalue weighted by molar-refractivity contribution is 0.922. The van der Waals surface area contributed by atoms with Crippen molar-refractivity contribution in [3.63, 3.8) is 0 Å². The second kappa shape index (κ2) is 6.42. The van der Waals surface area contributed by atoms with Crippen LogP contribution in [0.5, 0.6) is 0 Å². The average molecular weight is 324 g/mol. The summed E-state index contributed by atoms with van der Waals surface area (Å²) < 4.78 is 0. The summed E-state index contributed by atoms with van der Waals surface area (Å²) in [5.41, 5.74) is 15.7. The van der Waals surface area contributed by atoms with E-state index in [1.54, 1.807) is 0 Å². The highest BCUT2D eigenvalue weighted by Gasteiger charge is 2.10. The molecular weight excluding hydrogens is 304 g/mol. The Bertz CT molecular complexity index is 1070. The van der Waals surface area contributed by atoms with E-state index in [0.717, 1.165) is 16.5 Å². The van der Waals surface area contributed by atoms with Gasteiger partial charge in [-0.25, -0.2) is 0 Å². The molecule has 4 aromatic carbocycles. The Morgan fingerprint density at radius 2 is 1.24 bits per heavy atom. The third kappa shape index (κ3) is 2.88. The Labute approximate surface area is 147 Å². The van der Waals surface area contributed by atoms with Crippen LogP contribution in [0.3, 0.4) is 0 Å². The summed E-state index contributed by atoms with van der Waals surface area (Å²) in [6, 6.07) is 28.7. The number of benzene rings is 4. The normalized spacial score (nSPS) is 13.2. The maximum absolute atomic E-state index is 6.49. The molecule has 0 aliphatic heterocycles. The van der Waals surface area contributed by atoms with Crippen LogP contribution >= 0.6 is 0 Å². The molecule has 4 rings (SSSR count). The van der Waals surface area contributed by atoms with Gasteiger partial charge in [0.05, 0.1) is 6.04 Å². The quantitative estimate of drug-likeness (QED) is 0.557. The molecule has 0 aliphatic rings. The van der Waals surface area contributed by atoms with Crippen molar-refractivity contribution in [1.29, 1.82) is 0 Å². The van der Waals surface area contributed by atoms with Gasteiger partial charge in [0.1, 0.15) is 0 Å². The van der Waals surface area contributed by atoms with Gasteiger partial charge in [-0.15, -0.1) is 0 Å². The predicted octanol–water partition coefficient (Wildman–Crippen LogP) is 4.99. The van der Waals surface area contributed by atoms with E-state index in [2.05, 4.69) is 42.5 Å². The Hall–Kier alpha value is -3.10. The fourth-order valence-electron chi connectivity index (χ4n) is 3.39. The summed E-state index contributed by atoms with van der Waals surface area (Å²) in [4.78, 5) is 0. The van der Waals surface area contributed by atoms with Gasteiger partial charge in [0.2, 0.25) is 0 Å². The minimum absolute atomic E-state index is 0.259. The summed E-state index contributed by atoms with van der Waals surface area (Å²) >= 11 is 0. The van der Waals surface area contributed by atoms with Gasteiger partial charge in [-0.2, -0.15) is 0 Å². The van der Waals surface area contributed by atoms with Crippen LogP contribution in [0.1, 0.15) is 17.2 Å². The van der Waals surface area contributed by atoms with E-state index in [1.807, 2.05) is 48.5 Å². The second-order valence-electron chi connectivity index (χ2n) is 6.24. The average Bonchev–Trinajstić information content (AvgIpc) is 2.67. The molecule has 2 nitrogen and oxygen atoms in total. The van der Waals surface area contributed by atoms with Gasteiger partial charge >= 0.3 is 0 Å². The topological polar surface area (TPSA) is 52.0 Å². The summed E-state index contributed by atoms with van der Waals surface area (Å²) in [6.07, 6.45) is 1.95.